The van der Waals surface area contributed by atoms with Gasteiger partial charge in [-0.3, -0.25) is 9.69 Å². The molecule has 1 amide bonds. The molecule has 1 saturated heterocycles. The molecule has 3 aromatic heterocycles. The molecule has 142 valence electrons. The molecule has 4 heterocycles. The van der Waals surface area contributed by atoms with E-state index in [-0.39, 0.29) is 17.8 Å². The summed E-state index contributed by atoms with van der Waals surface area (Å²) in [6.45, 7) is 6.29. The fraction of sp³-hybridized carbons (Fsp3) is 0.474. The number of amides is 1. The quantitative estimate of drug-likeness (QED) is 0.743. The highest BCUT2D eigenvalue weighted by Gasteiger charge is 2.26. The number of piperidine rings is 1. The van der Waals surface area contributed by atoms with Crippen molar-refractivity contribution in [3.8, 4) is 0 Å². The van der Waals surface area contributed by atoms with E-state index >= 15 is 0 Å². The lowest BCUT2D eigenvalue weighted by Gasteiger charge is -2.33. The molecule has 4 rings (SSSR count). The van der Waals surface area contributed by atoms with Crippen LogP contribution in [0.25, 0.3) is 5.78 Å². The van der Waals surface area contributed by atoms with Crippen LogP contribution in [0.4, 0.5) is 0 Å². The molecule has 1 aliphatic heterocycles. The van der Waals surface area contributed by atoms with Gasteiger partial charge in [0.25, 0.3) is 11.7 Å². The van der Waals surface area contributed by atoms with Crippen LogP contribution >= 0.6 is 0 Å². The highest BCUT2D eigenvalue weighted by Crippen LogP contribution is 2.24. The maximum atomic E-state index is 12.6. The van der Waals surface area contributed by atoms with Gasteiger partial charge in [-0.1, -0.05) is 6.42 Å². The van der Waals surface area contributed by atoms with Gasteiger partial charge in [0.1, 0.15) is 5.76 Å². The topological polar surface area (TPSA) is 88.6 Å². The fourth-order valence-corrected chi connectivity index (χ4v) is 3.65. The average molecular weight is 368 g/mol. The summed E-state index contributed by atoms with van der Waals surface area (Å²) in [5.41, 5.74) is 1.74. The number of carbonyl (C=O) groups excluding carboxylic acids is 1. The summed E-state index contributed by atoms with van der Waals surface area (Å²) in [5.74, 6) is 1.14. The standard InChI is InChI=1S/C19H24N6O2/c1-13-11-14(2)25-19(21-13)22-17(23-25)18(26)20-12-15(16-7-6-10-27-16)24-8-4-3-5-9-24/h6-7,10-11,15H,3-5,8-9,12H2,1-2H3,(H,20,26). The molecular formula is C19H24N6O2. The van der Waals surface area contributed by atoms with Gasteiger partial charge in [0.2, 0.25) is 5.82 Å². The second-order valence-corrected chi connectivity index (χ2v) is 7.02. The zero-order valence-corrected chi connectivity index (χ0v) is 15.7. The molecule has 27 heavy (non-hydrogen) atoms. The number of fused-ring (bicyclic) bond motifs is 1. The first-order valence-corrected chi connectivity index (χ1v) is 9.38. The lowest BCUT2D eigenvalue weighted by atomic mass is 10.1. The Morgan fingerprint density at radius 2 is 2.07 bits per heavy atom. The van der Waals surface area contributed by atoms with E-state index in [9.17, 15) is 4.79 Å². The summed E-state index contributed by atoms with van der Waals surface area (Å²) in [7, 11) is 0. The molecule has 3 aromatic rings. The SMILES string of the molecule is Cc1cc(C)n2nc(C(=O)NCC(c3ccco3)N3CCCCC3)nc2n1. The predicted octanol–water partition coefficient (Wildman–Crippen LogP) is 2.29. The van der Waals surface area contributed by atoms with E-state index in [1.165, 1.54) is 19.3 Å². The van der Waals surface area contributed by atoms with Gasteiger partial charge < -0.3 is 9.73 Å². The van der Waals surface area contributed by atoms with Gasteiger partial charge in [-0.25, -0.2) is 9.50 Å². The highest BCUT2D eigenvalue weighted by atomic mass is 16.3. The Hall–Kier alpha value is -2.74. The first-order chi connectivity index (χ1) is 13.1. The molecular weight excluding hydrogens is 344 g/mol. The summed E-state index contributed by atoms with van der Waals surface area (Å²) in [6.07, 6.45) is 5.27. The van der Waals surface area contributed by atoms with Crippen LogP contribution in [-0.4, -0.2) is 50.0 Å². The van der Waals surface area contributed by atoms with Gasteiger partial charge in [-0.2, -0.15) is 4.98 Å². The summed E-state index contributed by atoms with van der Waals surface area (Å²) in [4.78, 5) is 23.6. The summed E-state index contributed by atoms with van der Waals surface area (Å²) < 4.78 is 7.22. The number of furan rings is 1. The van der Waals surface area contributed by atoms with Crippen LogP contribution in [0.5, 0.6) is 0 Å². The van der Waals surface area contributed by atoms with Gasteiger partial charge in [-0.05, 0) is 58.0 Å². The van der Waals surface area contributed by atoms with Crippen molar-refractivity contribution in [2.45, 2.75) is 39.2 Å². The van der Waals surface area contributed by atoms with Crippen molar-refractivity contribution >= 4 is 11.7 Å². The number of nitrogens with one attached hydrogen (secondary N) is 1. The summed E-state index contributed by atoms with van der Waals surface area (Å²) >= 11 is 0. The second-order valence-electron chi connectivity index (χ2n) is 7.02. The van der Waals surface area contributed by atoms with E-state index in [1.54, 1.807) is 10.8 Å². The van der Waals surface area contributed by atoms with Crippen molar-refractivity contribution in [2.24, 2.45) is 0 Å². The highest BCUT2D eigenvalue weighted by molar-refractivity contribution is 5.90. The number of aromatic nitrogens is 4. The largest absolute Gasteiger partial charge is 0.468 e. The van der Waals surface area contributed by atoms with E-state index in [4.69, 9.17) is 4.42 Å². The molecule has 8 heteroatoms. The molecule has 0 spiro atoms. The second kappa shape index (κ2) is 7.48. The van der Waals surface area contributed by atoms with Gasteiger partial charge in [0.05, 0.1) is 12.3 Å². The Labute approximate surface area is 157 Å². The third-order valence-corrected chi connectivity index (χ3v) is 4.98. The zero-order valence-electron chi connectivity index (χ0n) is 15.7. The lowest BCUT2D eigenvalue weighted by molar-refractivity contribution is 0.0904. The summed E-state index contributed by atoms with van der Waals surface area (Å²) in [6, 6.07) is 5.77. The summed E-state index contributed by atoms with van der Waals surface area (Å²) in [5, 5.41) is 7.27. The van der Waals surface area contributed by atoms with E-state index in [1.807, 2.05) is 32.0 Å². The monoisotopic (exact) mass is 368 g/mol. The number of nitrogens with zero attached hydrogens (tertiary/aromatic N) is 5. The molecule has 0 radical (unpaired) electrons. The maximum absolute atomic E-state index is 12.6. The third kappa shape index (κ3) is 3.71. The van der Waals surface area contributed by atoms with Gasteiger partial charge in [0.15, 0.2) is 0 Å². The lowest BCUT2D eigenvalue weighted by Crippen LogP contribution is -2.40. The molecule has 0 saturated carbocycles. The van der Waals surface area contributed by atoms with Crippen molar-refractivity contribution in [3.05, 3.63) is 47.4 Å². The normalized spacial score (nSPS) is 16.5. The smallest absolute Gasteiger partial charge is 0.291 e. The minimum Gasteiger partial charge on any atom is -0.468 e. The average Bonchev–Trinajstić information content (AvgIpc) is 3.32. The molecule has 8 nitrogen and oxygen atoms in total. The van der Waals surface area contributed by atoms with E-state index < -0.39 is 0 Å². The van der Waals surface area contributed by atoms with Crippen molar-refractivity contribution in [3.63, 3.8) is 0 Å². The van der Waals surface area contributed by atoms with Crippen LogP contribution in [0.15, 0.2) is 28.9 Å². The molecule has 0 aromatic carbocycles. The number of rotatable bonds is 5. The van der Waals surface area contributed by atoms with E-state index in [2.05, 4.69) is 25.3 Å². The Bertz CT molecular complexity index is 927. The first-order valence-electron chi connectivity index (χ1n) is 9.38. The molecule has 1 N–H and O–H groups in total. The van der Waals surface area contributed by atoms with Gasteiger partial charge >= 0.3 is 0 Å². The predicted molar refractivity (Wildman–Crippen MR) is 99.5 cm³/mol. The van der Waals surface area contributed by atoms with Crippen molar-refractivity contribution in [1.29, 1.82) is 0 Å². The van der Waals surface area contributed by atoms with E-state index in [0.717, 1.165) is 30.2 Å². The fourth-order valence-electron chi connectivity index (χ4n) is 3.65. The Morgan fingerprint density at radius 3 is 2.81 bits per heavy atom. The number of hydrogen-bond acceptors (Lipinski definition) is 6. The number of hydrogen-bond donors (Lipinski definition) is 1. The van der Waals surface area contributed by atoms with Crippen LogP contribution in [0, 0.1) is 13.8 Å². The Kier molecular flexibility index (Phi) is 4.89. The minimum absolute atomic E-state index is 0.0170. The van der Waals surface area contributed by atoms with Crippen molar-refractivity contribution < 1.29 is 9.21 Å². The van der Waals surface area contributed by atoms with Crippen LogP contribution < -0.4 is 5.32 Å². The molecule has 1 fully saturated rings. The number of aryl methyl sites for hydroxylation is 2. The van der Waals surface area contributed by atoms with Crippen LogP contribution in [0.3, 0.4) is 0 Å². The van der Waals surface area contributed by atoms with Crippen LogP contribution in [-0.2, 0) is 0 Å². The number of likely N-dealkylation sites (tertiary alicyclic amines) is 1. The Balaban J connectivity index is 1.50. The van der Waals surface area contributed by atoms with E-state index in [0.29, 0.717) is 12.3 Å². The molecule has 1 unspecified atom stereocenters. The third-order valence-electron chi connectivity index (χ3n) is 4.98. The van der Waals surface area contributed by atoms with Crippen LogP contribution in [0.1, 0.15) is 53.1 Å². The maximum Gasteiger partial charge on any atom is 0.291 e. The zero-order chi connectivity index (χ0) is 18.8. The first kappa shape index (κ1) is 17.7. The minimum atomic E-state index is -0.300. The van der Waals surface area contributed by atoms with Crippen LogP contribution in [0.2, 0.25) is 0 Å². The van der Waals surface area contributed by atoms with Crippen molar-refractivity contribution in [2.75, 3.05) is 19.6 Å². The van der Waals surface area contributed by atoms with Gasteiger partial charge in [-0.15, -0.1) is 5.10 Å². The molecule has 1 atom stereocenters. The molecule has 0 bridgehead atoms. The number of carbonyl (C=O) groups is 1. The molecule has 0 aliphatic carbocycles. The Morgan fingerprint density at radius 1 is 1.26 bits per heavy atom. The van der Waals surface area contributed by atoms with Gasteiger partial charge in [0, 0.05) is 17.9 Å². The molecule has 1 aliphatic rings. The van der Waals surface area contributed by atoms with Crippen molar-refractivity contribution in [1.82, 2.24) is 29.8 Å².